The molecule has 4 aromatic carbocycles. The Morgan fingerprint density at radius 2 is 1.14 bits per heavy atom. The molecule has 0 bridgehead atoms. The largest absolute Gasteiger partial charge is 0.309 e. The maximum atomic E-state index is 14.4. The lowest BCUT2D eigenvalue weighted by Crippen LogP contribution is -2.28. The molecular formula is C31H19N3O2. The third-order valence-electron chi connectivity index (χ3n) is 6.83. The number of pyridine rings is 1. The van der Waals surface area contributed by atoms with Crippen LogP contribution in [0.2, 0.25) is 0 Å². The third-order valence-corrected chi connectivity index (χ3v) is 6.83. The predicted octanol–water partition coefficient (Wildman–Crippen LogP) is 6.00. The van der Waals surface area contributed by atoms with Crippen molar-refractivity contribution in [3.8, 4) is 11.4 Å². The zero-order chi connectivity index (χ0) is 24.2. The van der Waals surface area contributed by atoms with Crippen LogP contribution in [-0.2, 0) is 0 Å². The second kappa shape index (κ2) is 7.75. The van der Waals surface area contributed by atoms with Crippen LogP contribution in [0.3, 0.4) is 0 Å². The molecule has 7 rings (SSSR count). The summed E-state index contributed by atoms with van der Waals surface area (Å²) in [6.07, 6.45) is 3.27. The number of rotatable bonds is 2. The number of aromatic nitrogens is 3. The van der Waals surface area contributed by atoms with Crippen LogP contribution < -0.4 is 11.1 Å². The number of nitrogens with zero attached hydrogens (tertiary/aromatic N) is 3. The first-order valence-electron chi connectivity index (χ1n) is 11.7. The Labute approximate surface area is 205 Å². The van der Waals surface area contributed by atoms with Crippen molar-refractivity contribution >= 4 is 43.4 Å². The Bertz CT molecular complexity index is 2080. The monoisotopic (exact) mass is 465 g/mol. The van der Waals surface area contributed by atoms with E-state index in [1.165, 1.54) is 4.57 Å². The quantitative estimate of drug-likeness (QED) is 0.315. The number of hydrogen-bond donors (Lipinski definition) is 0. The van der Waals surface area contributed by atoms with Crippen molar-refractivity contribution in [3.05, 3.63) is 136 Å². The summed E-state index contributed by atoms with van der Waals surface area (Å²) in [6, 6.07) is 32.9. The van der Waals surface area contributed by atoms with Crippen LogP contribution in [0.5, 0.6) is 0 Å². The highest BCUT2D eigenvalue weighted by Crippen LogP contribution is 2.36. The SMILES string of the molecule is O=c1c2ccncc2c2ccc3c(c4ccccc4n3-c3ccccc3)c2c(=O)n1-c1ccccc1. The Balaban J connectivity index is 1.82. The molecule has 0 saturated heterocycles. The minimum atomic E-state index is -0.361. The van der Waals surface area contributed by atoms with Crippen molar-refractivity contribution in [2.24, 2.45) is 0 Å². The van der Waals surface area contributed by atoms with E-state index in [1.807, 2.05) is 66.7 Å². The maximum Gasteiger partial charge on any atom is 0.266 e. The fourth-order valence-electron chi connectivity index (χ4n) is 5.29. The van der Waals surface area contributed by atoms with Crippen molar-refractivity contribution in [2.45, 2.75) is 0 Å². The molecule has 0 aliphatic carbocycles. The summed E-state index contributed by atoms with van der Waals surface area (Å²) in [5.41, 5.74) is 2.73. The standard InChI is InChI=1S/C31H19N3O2/c35-30-23-17-18-32-19-25(23)22-15-16-27-28(29(22)31(36)34(30)21-11-5-2-6-12-21)24-13-7-8-14-26(24)33(27)20-9-3-1-4-10-20/h1-19H. The fraction of sp³-hybridized carbons (Fsp3) is 0. The normalized spacial score (nSPS) is 11.6. The maximum absolute atomic E-state index is 14.4. The van der Waals surface area contributed by atoms with E-state index in [0.717, 1.165) is 27.5 Å². The summed E-state index contributed by atoms with van der Waals surface area (Å²) in [4.78, 5) is 32.5. The van der Waals surface area contributed by atoms with Crippen LogP contribution in [0.15, 0.2) is 125 Å². The molecule has 5 heteroatoms. The summed E-state index contributed by atoms with van der Waals surface area (Å²) in [5.74, 6) is 0. The summed E-state index contributed by atoms with van der Waals surface area (Å²) in [5, 5.41) is 4.09. The van der Waals surface area contributed by atoms with E-state index in [2.05, 4.69) is 27.8 Å². The highest BCUT2D eigenvalue weighted by Gasteiger charge is 2.20. The van der Waals surface area contributed by atoms with Gasteiger partial charge in [0.25, 0.3) is 11.1 Å². The van der Waals surface area contributed by atoms with Gasteiger partial charge in [-0.25, -0.2) is 4.57 Å². The van der Waals surface area contributed by atoms with Crippen LogP contribution in [-0.4, -0.2) is 14.1 Å². The molecule has 3 aromatic heterocycles. The molecule has 0 N–H and O–H groups in total. The van der Waals surface area contributed by atoms with Crippen LogP contribution in [0.25, 0.3) is 54.7 Å². The van der Waals surface area contributed by atoms with E-state index >= 15 is 0 Å². The second-order valence-electron chi connectivity index (χ2n) is 8.77. The molecule has 0 spiro atoms. The molecular weight excluding hydrogens is 446 g/mol. The summed E-state index contributed by atoms with van der Waals surface area (Å²) < 4.78 is 3.46. The van der Waals surface area contributed by atoms with E-state index in [4.69, 9.17) is 0 Å². The van der Waals surface area contributed by atoms with Crippen LogP contribution in [0, 0.1) is 0 Å². The summed E-state index contributed by atoms with van der Waals surface area (Å²) in [6.45, 7) is 0. The van der Waals surface area contributed by atoms with Gasteiger partial charge in [-0.2, -0.15) is 0 Å². The zero-order valence-corrected chi connectivity index (χ0v) is 19.1. The first-order chi connectivity index (χ1) is 17.7. The van der Waals surface area contributed by atoms with Gasteiger partial charge in [0.2, 0.25) is 0 Å². The van der Waals surface area contributed by atoms with Gasteiger partial charge in [-0.1, -0.05) is 60.7 Å². The van der Waals surface area contributed by atoms with Gasteiger partial charge in [0.15, 0.2) is 0 Å². The molecule has 0 aliphatic rings. The highest BCUT2D eigenvalue weighted by molar-refractivity contribution is 6.24. The van der Waals surface area contributed by atoms with Crippen molar-refractivity contribution in [2.75, 3.05) is 0 Å². The van der Waals surface area contributed by atoms with Gasteiger partial charge in [0, 0.05) is 34.2 Å². The van der Waals surface area contributed by atoms with Crippen molar-refractivity contribution in [3.63, 3.8) is 0 Å². The highest BCUT2D eigenvalue weighted by atomic mass is 16.2. The molecule has 0 amide bonds. The Morgan fingerprint density at radius 3 is 1.89 bits per heavy atom. The molecule has 170 valence electrons. The molecule has 0 fully saturated rings. The number of fused-ring (bicyclic) bond motifs is 7. The fourth-order valence-corrected chi connectivity index (χ4v) is 5.29. The number of benzene rings is 4. The summed E-state index contributed by atoms with van der Waals surface area (Å²) in [7, 11) is 0. The molecule has 0 unspecified atom stereocenters. The number of hydrogen-bond acceptors (Lipinski definition) is 3. The van der Waals surface area contributed by atoms with E-state index in [9.17, 15) is 9.59 Å². The van der Waals surface area contributed by atoms with Gasteiger partial charge in [-0.15, -0.1) is 0 Å². The second-order valence-corrected chi connectivity index (χ2v) is 8.77. The van der Waals surface area contributed by atoms with Gasteiger partial charge < -0.3 is 4.57 Å². The van der Waals surface area contributed by atoms with Gasteiger partial charge >= 0.3 is 0 Å². The average molecular weight is 466 g/mol. The molecule has 3 heterocycles. The van der Waals surface area contributed by atoms with E-state index in [1.54, 1.807) is 30.6 Å². The zero-order valence-electron chi connectivity index (χ0n) is 19.1. The first-order valence-corrected chi connectivity index (χ1v) is 11.7. The minimum absolute atomic E-state index is 0.348. The molecule has 0 atom stereocenters. The molecule has 0 aliphatic heterocycles. The van der Waals surface area contributed by atoms with Gasteiger partial charge in [-0.05, 0) is 47.9 Å². The van der Waals surface area contributed by atoms with Crippen LogP contribution >= 0.6 is 0 Å². The minimum Gasteiger partial charge on any atom is -0.309 e. The third kappa shape index (κ3) is 2.80. The summed E-state index contributed by atoms with van der Waals surface area (Å²) >= 11 is 0. The molecule has 7 aromatic rings. The molecule has 36 heavy (non-hydrogen) atoms. The Morgan fingerprint density at radius 1 is 0.472 bits per heavy atom. The lowest BCUT2D eigenvalue weighted by Gasteiger charge is -2.07. The predicted molar refractivity (Wildman–Crippen MR) is 145 cm³/mol. The first kappa shape index (κ1) is 20.4. The van der Waals surface area contributed by atoms with Crippen molar-refractivity contribution in [1.29, 1.82) is 0 Å². The van der Waals surface area contributed by atoms with Crippen molar-refractivity contribution in [1.82, 2.24) is 14.1 Å². The smallest absolute Gasteiger partial charge is 0.266 e. The Kier molecular flexibility index (Phi) is 4.38. The lowest BCUT2D eigenvalue weighted by atomic mass is 10.0. The Hall–Kier alpha value is -5.03. The number of para-hydroxylation sites is 3. The van der Waals surface area contributed by atoms with Gasteiger partial charge in [-0.3, -0.25) is 14.6 Å². The molecule has 0 saturated carbocycles. The van der Waals surface area contributed by atoms with E-state index in [0.29, 0.717) is 27.2 Å². The van der Waals surface area contributed by atoms with Crippen LogP contribution in [0.4, 0.5) is 0 Å². The lowest BCUT2D eigenvalue weighted by molar-refractivity contribution is 0.976. The van der Waals surface area contributed by atoms with Gasteiger partial charge in [0.1, 0.15) is 0 Å². The van der Waals surface area contributed by atoms with E-state index in [-0.39, 0.29) is 11.1 Å². The van der Waals surface area contributed by atoms with Crippen molar-refractivity contribution < 1.29 is 0 Å². The topological polar surface area (TPSA) is 56.9 Å². The van der Waals surface area contributed by atoms with Gasteiger partial charge in [0.05, 0.1) is 27.5 Å². The van der Waals surface area contributed by atoms with Crippen LogP contribution in [0.1, 0.15) is 0 Å². The average Bonchev–Trinajstić information content (AvgIpc) is 3.23. The molecule has 0 radical (unpaired) electrons. The molecule has 5 nitrogen and oxygen atoms in total. The van der Waals surface area contributed by atoms with E-state index < -0.39 is 0 Å².